The summed E-state index contributed by atoms with van der Waals surface area (Å²) < 4.78 is 0. The number of allylic oxidation sites excluding steroid dienone is 2. The molecule has 0 radical (unpaired) electrons. The summed E-state index contributed by atoms with van der Waals surface area (Å²) >= 11 is 0. The molecule has 0 aliphatic heterocycles. The van der Waals surface area contributed by atoms with Gasteiger partial charge in [-0.1, -0.05) is 44.2 Å². The van der Waals surface area contributed by atoms with Gasteiger partial charge in [0.25, 0.3) is 0 Å². The van der Waals surface area contributed by atoms with Crippen LogP contribution in [0.4, 0.5) is 0 Å². The molecule has 0 fully saturated rings. The molecule has 0 N–H and O–H groups in total. The fraction of sp³-hybridized carbons (Fsp3) is 0.312. The summed E-state index contributed by atoms with van der Waals surface area (Å²) in [5.74, 6) is 0.532. The number of hydrogen-bond acceptors (Lipinski definition) is 2. The molecule has 1 aromatic carbocycles. The van der Waals surface area contributed by atoms with Crippen LogP contribution < -0.4 is 0 Å². The van der Waals surface area contributed by atoms with Crippen molar-refractivity contribution in [2.24, 2.45) is 0 Å². The Hall–Kier alpha value is -1.83. The fourth-order valence-corrected chi connectivity index (χ4v) is 1.45. The first kappa shape index (κ1) is 14.2. The third-order valence-corrected chi connectivity index (χ3v) is 2.58. The second kappa shape index (κ2) is 6.80. The van der Waals surface area contributed by atoms with Crippen LogP contribution in [0.15, 0.2) is 42.6 Å². The van der Waals surface area contributed by atoms with Crippen LogP contribution in [0.2, 0.25) is 0 Å². The SMILES string of the molecule is CC(C)c1ccc(C=CC(=O)C=CN(C)C)cc1. The topological polar surface area (TPSA) is 20.3 Å². The molecule has 0 atom stereocenters. The lowest BCUT2D eigenvalue weighted by atomic mass is 10.0. The lowest BCUT2D eigenvalue weighted by Gasteiger charge is -2.04. The molecule has 0 saturated heterocycles. The van der Waals surface area contributed by atoms with Crippen LogP contribution >= 0.6 is 0 Å². The van der Waals surface area contributed by atoms with E-state index in [2.05, 4.69) is 26.0 Å². The molecule has 0 amide bonds. The van der Waals surface area contributed by atoms with Gasteiger partial charge >= 0.3 is 0 Å². The van der Waals surface area contributed by atoms with E-state index in [4.69, 9.17) is 0 Å². The number of hydrogen-bond donors (Lipinski definition) is 0. The first-order valence-electron chi connectivity index (χ1n) is 6.15. The molecule has 0 spiro atoms. The standard InChI is InChI=1S/C16H21NO/c1-13(2)15-8-5-14(6-9-15)7-10-16(18)11-12-17(3)4/h5-13H,1-4H3. The van der Waals surface area contributed by atoms with Gasteiger partial charge in [-0.3, -0.25) is 4.79 Å². The maximum absolute atomic E-state index is 11.5. The van der Waals surface area contributed by atoms with Gasteiger partial charge in [0, 0.05) is 26.4 Å². The van der Waals surface area contributed by atoms with Gasteiger partial charge in [0.05, 0.1) is 0 Å². The summed E-state index contributed by atoms with van der Waals surface area (Å²) in [7, 11) is 3.77. The Kier molecular flexibility index (Phi) is 5.37. The molecule has 0 saturated carbocycles. The van der Waals surface area contributed by atoms with Gasteiger partial charge in [-0.05, 0) is 23.1 Å². The number of rotatable bonds is 5. The molecule has 96 valence electrons. The normalized spacial score (nSPS) is 11.6. The van der Waals surface area contributed by atoms with Gasteiger partial charge < -0.3 is 4.90 Å². The van der Waals surface area contributed by atoms with E-state index >= 15 is 0 Å². The third-order valence-electron chi connectivity index (χ3n) is 2.58. The fourth-order valence-electron chi connectivity index (χ4n) is 1.45. The summed E-state index contributed by atoms with van der Waals surface area (Å²) in [6.07, 6.45) is 6.73. The van der Waals surface area contributed by atoms with E-state index in [0.717, 1.165) is 5.56 Å². The van der Waals surface area contributed by atoms with Crippen molar-refractivity contribution in [2.75, 3.05) is 14.1 Å². The smallest absolute Gasteiger partial charge is 0.180 e. The molecule has 2 heteroatoms. The molecule has 18 heavy (non-hydrogen) atoms. The van der Waals surface area contributed by atoms with Crippen LogP contribution in [0, 0.1) is 0 Å². The van der Waals surface area contributed by atoms with Crippen molar-refractivity contribution >= 4 is 11.9 Å². The van der Waals surface area contributed by atoms with Gasteiger partial charge in [-0.15, -0.1) is 0 Å². The van der Waals surface area contributed by atoms with Gasteiger partial charge in [-0.2, -0.15) is 0 Å². The lowest BCUT2D eigenvalue weighted by molar-refractivity contribution is -0.110. The van der Waals surface area contributed by atoms with Crippen molar-refractivity contribution in [1.82, 2.24) is 4.90 Å². The number of ketones is 1. The van der Waals surface area contributed by atoms with Crippen LogP contribution in [-0.2, 0) is 4.79 Å². The maximum Gasteiger partial charge on any atom is 0.180 e. The van der Waals surface area contributed by atoms with Crippen molar-refractivity contribution < 1.29 is 4.79 Å². The summed E-state index contributed by atoms with van der Waals surface area (Å²) in [5.41, 5.74) is 2.36. The van der Waals surface area contributed by atoms with Crippen LogP contribution in [0.3, 0.4) is 0 Å². The van der Waals surface area contributed by atoms with Crippen LogP contribution in [-0.4, -0.2) is 24.8 Å². The summed E-state index contributed by atoms with van der Waals surface area (Å²) in [5, 5.41) is 0. The zero-order chi connectivity index (χ0) is 13.5. The van der Waals surface area contributed by atoms with E-state index in [1.807, 2.05) is 37.2 Å². The second-order valence-corrected chi connectivity index (χ2v) is 4.84. The Morgan fingerprint density at radius 3 is 2.22 bits per heavy atom. The largest absolute Gasteiger partial charge is 0.383 e. The number of carbonyl (C=O) groups excluding carboxylic acids is 1. The zero-order valence-electron chi connectivity index (χ0n) is 11.6. The first-order valence-corrected chi connectivity index (χ1v) is 6.15. The van der Waals surface area contributed by atoms with Crippen molar-refractivity contribution in [3.63, 3.8) is 0 Å². The lowest BCUT2D eigenvalue weighted by Crippen LogP contribution is -2.01. The highest BCUT2D eigenvalue weighted by Gasteiger charge is 1.97. The van der Waals surface area contributed by atoms with E-state index in [1.165, 1.54) is 5.56 Å². The number of carbonyl (C=O) groups is 1. The molecule has 0 heterocycles. The van der Waals surface area contributed by atoms with Crippen LogP contribution in [0.5, 0.6) is 0 Å². The van der Waals surface area contributed by atoms with Gasteiger partial charge in [0.2, 0.25) is 0 Å². The predicted octanol–water partition coefficient (Wildman–Crippen LogP) is 3.47. The molecular weight excluding hydrogens is 222 g/mol. The van der Waals surface area contributed by atoms with Crippen LogP contribution in [0.25, 0.3) is 6.08 Å². The Morgan fingerprint density at radius 1 is 1.11 bits per heavy atom. The summed E-state index contributed by atoms with van der Waals surface area (Å²) in [6.45, 7) is 4.33. The summed E-state index contributed by atoms with van der Waals surface area (Å²) in [6, 6.07) is 8.28. The Labute approximate surface area is 110 Å². The monoisotopic (exact) mass is 243 g/mol. The number of nitrogens with zero attached hydrogens (tertiary/aromatic N) is 1. The highest BCUT2D eigenvalue weighted by molar-refractivity contribution is 6.01. The number of benzene rings is 1. The molecular formula is C16H21NO. The van der Waals surface area contributed by atoms with E-state index in [9.17, 15) is 4.79 Å². The molecule has 0 aliphatic carbocycles. The highest BCUT2D eigenvalue weighted by atomic mass is 16.1. The van der Waals surface area contributed by atoms with Crippen LogP contribution in [0.1, 0.15) is 30.9 Å². The second-order valence-electron chi connectivity index (χ2n) is 4.84. The van der Waals surface area contributed by atoms with E-state index in [-0.39, 0.29) is 5.78 Å². The Bertz CT molecular complexity index is 439. The highest BCUT2D eigenvalue weighted by Crippen LogP contribution is 2.15. The van der Waals surface area contributed by atoms with Gasteiger partial charge in [-0.25, -0.2) is 0 Å². The minimum atomic E-state index is -0.00311. The van der Waals surface area contributed by atoms with E-state index in [0.29, 0.717) is 5.92 Å². The van der Waals surface area contributed by atoms with Gasteiger partial charge in [0.1, 0.15) is 0 Å². The molecule has 1 aromatic rings. The minimum absolute atomic E-state index is 0.00311. The first-order chi connectivity index (χ1) is 8.49. The Morgan fingerprint density at radius 2 is 1.72 bits per heavy atom. The van der Waals surface area contributed by atoms with Crippen molar-refractivity contribution in [3.8, 4) is 0 Å². The van der Waals surface area contributed by atoms with Gasteiger partial charge in [0.15, 0.2) is 5.78 Å². The van der Waals surface area contributed by atoms with Crippen molar-refractivity contribution in [1.29, 1.82) is 0 Å². The minimum Gasteiger partial charge on any atom is -0.383 e. The maximum atomic E-state index is 11.5. The molecule has 0 aromatic heterocycles. The predicted molar refractivity (Wildman–Crippen MR) is 77.4 cm³/mol. The summed E-state index contributed by atoms with van der Waals surface area (Å²) in [4.78, 5) is 13.3. The Balaban J connectivity index is 2.64. The molecule has 2 nitrogen and oxygen atoms in total. The quantitative estimate of drug-likeness (QED) is 0.738. The van der Waals surface area contributed by atoms with Crippen molar-refractivity contribution in [2.45, 2.75) is 19.8 Å². The third kappa shape index (κ3) is 5.00. The molecule has 0 bridgehead atoms. The molecule has 0 aliphatic rings. The van der Waals surface area contributed by atoms with E-state index in [1.54, 1.807) is 18.4 Å². The van der Waals surface area contributed by atoms with Crippen molar-refractivity contribution in [3.05, 3.63) is 53.7 Å². The average Bonchev–Trinajstić information content (AvgIpc) is 2.34. The molecule has 1 rings (SSSR count). The van der Waals surface area contributed by atoms with E-state index < -0.39 is 0 Å². The molecule has 0 unspecified atom stereocenters. The zero-order valence-corrected chi connectivity index (χ0v) is 11.6. The average molecular weight is 243 g/mol.